The second kappa shape index (κ2) is 7.98. The zero-order valence-corrected chi connectivity index (χ0v) is 15.8. The smallest absolute Gasteiger partial charge is 0.264 e. The van der Waals surface area contributed by atoms with Crippen LogP contribution in [0.5, 0.6) is 5.75 Å². The van der Waals surface area contributed by atoms with Crippen molar-refractivity contribution < 1.29 is 14.0 Å². The van der Waals surface area contributed by atoms with Gasteiger partial charge >= 0.3 is 0 Å². The van der Waals surface area contributed by atoms with E-state index in [4.69, 9.17) is 25.6 Å². The molecule has 0 aliphatic carbocycles. The Bertz CT molecular complexity index is 905. The van der Waals surface area contributed by atoms with Crippen LogP contribution >= 0.6 is 11.6 Å². The van der Waals surface area contributed by atoms with Crippen molar-refractivity contribution in [1.29, 1.82) is 0 Å². The van der Waals surface area contributed by atoms with Crippen LogP contribution in [0.15, 0.2) is 47.0 Å². The number of rotatable bonds is 5. The molecule has 2 heterocycles. The summed E-state index contributed by atoms with van der Waals surface area (Å²) in [5, 5.41) is 4.74. The van der Waals surface area contributed by atoms with Gasteiger partial charge < -0.3 is 18.9 Å². The zero-order chi connectivity index (χ0) is 18.6. The molecule has 4 rings (SSSR count). The Kier molecular flexibility index (Phi) is 5.27. The maximum Gasteiger partial charge on any atom is 0.264 e. The third-order valence-corrected chi connectivity index (χ3v) is 4.69. The summed E-state index contributed by atoms with van der Waals surface area (Å²) in [5.41, 5.74) is 3.04. The van der Waals surface area contributed by atoms with Gasteiger partial charge in [-0.3, -0.25) is 0 Å². The second-order valence-electron chi connectivity index (χ2n) is 6.36. The topological polar surface area (TPSA) is 60.6 Å². The van der Waals surface area contributed by atoms with E-state index < -0.39 is 0 Å². The van der Waals surface area contributed by atoms with Crippen molar-refractivity contribution in [3.05, 3.63) is 58.9 Å². The molecule has 0 spiro atoms. The van der Waals surface area contributed by atoms with Crippen LogP contribution in [0.2, 0.25) is 5.02 Å². The van der Waals surface area contributed by atoms with Crippen LogP contribution in [0.1, 0.15) is 11.5 Å². The first-order valence-corrected chi connectivity index (χ1v) is 9.21. The Morgan fingerprint density at radius 3 is 2.63 bits per heavy atom. The van der Waals surface area contributed by atoms with Gasteiger partial charge in [-0.25, -0.2) is 0 Å². The quantitative estimate of drug-likeness (QED) is 0.658. The number of aryl methyl sites for hydroxylation is 1. The van der Waals surface area contributed by atoms with Crippen molar-refractivity contribution >= 4 is 17.3 Å². The Morgan fingerprint density at radius 2 is 1.89 bits per heavy atom. The van der Waals surface area contributed by atoms with Gasteiger partial charge in [0.15, 0.2) is 6.61 Å². The number of anilines is 1. The van der Waals surface area contributed by atoms with E-state index in [1.165, 1.54) is 5.69 Å². The van der Waals surface area contributed by atoms with Crippen LogP contribution in [-0.4, -0.2) is 36.4 Å². The summed E-state index contributed by atoms with van der Waals surface area (Å²) in [4.78, 5) is 6.73. The minimum atomic E-state index is 0.210. The van der Waals surface area contributed by atoms with E-state index in [2.05, 4.69) is 27.2 Å². The number of ether oxygens (including phenoxy) is 2. The molecule has 1 aliphatic heterocycles. The van der Waals surface area contributed by atoms with Gasteiger partial charge in [0.1, 0.15) is 5.75 Å². The number of benzene rings is 2. The van der Waals surface area contributed by atoms with Crippen LogP contribution < -0.4 is 9.64 Å². The van der Waals surface area contributed by atoms with Crippen LogP contribution in [0.25, 0.3) is 11.4 Å². The lowest BCUT2D eigenvalue weighted by molar-refractivity contribution is 0.122. The van der Waals surface area contributed by atoms with Crippen molar-refractivity contribution in [1.82, 2.24) is 10.1 Å². The SMILES string of the molecule is Cc1cc(Cl)ccc1OCc1nc(-c2ccc(N3CCOCC3)cc2)no1. The summed E-state index contributed by atoms with van der Waals surface area (Å²) in [7, 11) is 0. The molecule has 6 nitrogen and oxygen atoms in total. The highest BCUT2D eigenvalue weighted by Gasteiger charge is 2.13. The van der Waals surface area contributed by atoms with E-state index in [9.17, 15) is 0 Å². The molecule has 0 saturated carbocycles. The average Bonchev–Trinajstić information content (AvgIpc) is 3.17. The van der Waals surface area contributed by atoms with Gasteiger partial charge in [0, 0.05) is 29.4 Å². The van der Waals surface area contributed by atoms with Crippen LogP contribution in [0.3, 0.4) is 0 Å². The second-order valence-corrected chi connectivity index (χ2v) is 6.79. The molecule has 0 atom stereocenters. The Balaban J connectivity index is 1.41. The van der Waals surface area contributed by atoms with Gasteiger partial charge in [0.05, 0.1) is 13.2 Å². The first-order chi connectivity index (χ1) is 13.2. The number of morpholine rings is 1. The highest BCUT2D eigenvalue weighted by Crippen LogP contribution is 2.24. The monoisotopic (exact) mass is 385 g/mol. The lowest BCUT2D eigenvalue weighted by atomic mass is 10.2. The highest BCUT2D eigenvalue weighted by atomic mass is 35.5. The zero-order valence-electron chi connectivity index (χ0n) is 15.0. The normalized spacial score (nSPS) is 14.4. The maximum absolute atomic E-state index is 5.96. The molecule has 1 fully saturated rings. The van der Waals surface area contributed by atoms with Crippen LogP contribution in [0.4, 0.5) is 5.69 Å². The number of halogens is 1. The van der Waals surface area contributed by atoms with Gasteiger partial charge in [-0.1, -0.05) is 16.8 Å². The van der Waals surface area contributed by atoms with Crippen molar-refractivity contribution in [2.75, 3.05) is 31.2 Å². The summed E-state index contributed by atoms with van der Waals surface area (Å²) >= 11 is 5.96. The Hall–Kier alpha value is -2.57. The Morgan fingerprint density at radius 1 is 1.11 bits per heavy atom. The number of aromatic nitrogens is 2. The lowest BCUT2D eigenvalue weighted by Gasteiger charge is -2.28. The molecule has 0 bridgehead atoms. The lowest BCUT2D eigenvalue weighted by Crippen LogP contribution is -2.36. The van der Waals surface area contributed by atoms with Crippen LogP contribution in [-0.2, 0) is 11.3 Å². The molecule has 7 heteroatoms. The standard InChI is InChI=1S/C20H20ClN3O3/c1-14-12-16(21)4-7-18(14)26-13-19-22-20(23-27-19)15-2-5-17(6-3-15)24-8-10-25-11-9-24/h2-7,12H,8-11,13H2,1H3. The number of hydrogen-bond donors (Lipinski definition) is 0. The maximum atomic E-state index is 5.96. The average molecular weight is 386 g/mol. The van der Waals surface area contributed by atoms with Crippen molar-refractivity contribution in [3.8, 4) is 17.1 Å². The molecule has 0 unspecified atom stereocenters. The van der Waals surface area contributed by atoms with Gasteiger partial charge in [0.25, 0.3) is 5.89 Å². The summed E-state index contributed by atoms with van der Waals surface area (Å²) in [6.45, 7) is 5.50. The van der Waals surface area contributed by atoms with E-state index in [0.717, 1.165) is 43.2 Å². The predicted molar refractivity (Wildman–Crippen MR) is 103 cm³/mol. The van der Waals surface area contributed by atoms with E-state index in [-0.39, 0.29) is 6.61 Å². The van der Waals surface area contributed by atoms with Crippen LogP contribution in [0, 0.1) is 6.92 Å². The number of nitrogens with zero attached hydrogens (tertiary/aromatic N) is 3. The third-order valence-electron chi connectivity index (χ3n) is 4.46. The fourth-order valence-corrected chi connectivity index (χ4v) is 3.21. The van der Waals surface area contributed by atoms with Gasteiger partial charge in [-0.2, -0.15) is 4.98 Å². The highest BCUT2D eigenvalue weighted by molar-refractivity contribution is 6.30. The van der Waals surface area contributed by atoms with Crippen molar-refractivity contribution in [2.24, 2.45) is 0 Å². The van der Waals surface area contributed by atoms with E-state index in [1.54, 1.807) is 6.07 Å². The first kappa shape index (κ1) is 17.8. The molecule has 3 aromatic rings. The molecule has 0 amide bonds. The third kappa shape index (κ3) is 4.23. The molecular weight excluding hydrogens is 366 g/mol. The minimum Gasteiger partial charge on any atom is -0.483 e. The molecule has 1 saturated heterocycles. The molecule has 27 heavy (non-hydrogen) atoms. The van der Waals surface area contributed by atoms with Crippen molar-refractivity contribution in [3.63, 3.8) is 0 Å². The molecule has 140 valence electrons. The van der Waals surface area contributed by atoms with E-state index in [0.29, 0.717) is 16.7 Å². The van der Waals surface area contributed by atoms with Gasteiger partial charge in [-0.05, 0) is 55.0 Å². The van der Waals surface area contributed by atoms with Gasteiger partial charge in [-0.15, -0.1) is 0 Å². The molecular formula is C20H20ClN3O3. The fraction of sp³-hybridized carbons (Fsp3) is 0.300. The van der Waals surface area contributed by atoms with Crippen molar-refractivity contribution in [2.45, 2.75) is 13.5 Å². The van der Waals surface area contributed by atoms with E-state index >= 15 is 0 Å². The summed E-state index contributed by atoms with van der Waals surface area (Å²) in [6.07, 6.45) is 0. The largest absolute Gasteiger partial charge is 0.483 e. The summed E-state index contributed by atoms with van der Waals surface area (Å²) in [5.74, 6) is 1.72. The van der Waals surface area contributed by atoms with Gasteiger partial charge in [0.2, 0.25) is 5.82 Å². The molecule has 0 N–H and O–H groups in total. The summed E-state index contributed by atoms with van der Waals surface area (Å²) < 4.78 is 16.5. The Labute approximate surface area is 162 Å². The molecule has 2 aromatic carbocycles. The predicted octanol–water partition coefficient (Wildman–Crippen LogP) is 4.11. The first-order valence-electron chi connectivity index (χ1n) is 8.84. The summed E-state index contributed by atoms with van der Waals surface area (Å²) in [6, 6.07) is 13.6. The van der Waals surface area contributed by atoms with E-state index in [1.807, 2.05) is 31.2 Å². The minimum absolute atomic E-state index is 0.210. The molecule has 1 aromatic heterocycles. The number of hydrogen-bond acceptors (Lipinski definition) is 6. The molecule has 0 radical (unpaired) electrons. The molecule has 1 aliphatic rings. The fourth-order valence-electron chi connectivity index (χ4n) is 2.99.